The second-order valence-electron chi connectivity index (χ2n) is 7.12. The van der Waals surface area contributed by atoms with Gasteiger partial charge in [-0.3, -0.25) is 4.79 Å². The van der Waals surface area contributed by atoms with E-state index in [-0.39, 0.29) is 22.6 Å². The normalized spacial score (nSPS) is 11.8. The summed E-state index contributed by atoms with van der Waals surface area (Å²) in [7, 11) is 0. The van der Waals surface area contributed by atoms with E-state index in [0.717, 1.165) is 11.5 Å². The number of carbonyl (C=O) groups excluding carboxylic acids is 1. The Labute approximate surface area is 174 Å². The van der Waals surface area contributed by atoms with Gasteiger partial charge in [-0.15, -0.1) is 10.2 Å². The van der Waals surface area contributed by atoms with Crippen molar-refractivity contribution in [2.75, 3.05) is 5.32 Å². The number of amides is 1. The lowest BCUT2D eigenvalue weighted by Gasteiger charge is -2.15. The van der Waals surface area contributed by atoms with Crippen molar-refractivity contribution >= 4 is 22.6 Å². The number of aromatic nitrogens is 4. The van der Waals surface area contributed by atoms with E-state index in [9.17, 15) is 18.0 Å². The first-order valence-electron chi connectivity index (χ1n) is 9.55. The maximum absolute atomic E-state index is 13.4. The summed E-state index contributed by atoms with van der Waals surface area (Å²) in [6.07, 6.45) is -3.61. The number of benzene rings is 2. The molecular weight excluding hydrogens is 411 g/mol. The molecule has 31 heavy (non-hydrogen) atoms. The summed E-state index contributed by atoms with van der Waals surface area (Å²) in [5, 5.41) is 16.8. The second kappa shape index (κ2) is 7.86. The molecule has 0 fully saturated rings. The number of alkyl halides is 3. The number of fused-ring (bicyclic) bond motifs is 1. The van der Waals surface area contributed by atoms with Crippen LogP contribution in [-0.2, 0) is 12.6 Å². The zero-order valence-corrected chi connectivity index (χ0v) is 16.7. The van der Waals surface area contributed by atoms with Gasteiger partial charge in [0.2, 0.25) is 5.82 Å². The molecule has 0 bridgehead atoms. The fourth-order valence-corrected chi connectivity index (χ4v) is 3.43. The summed E-state index contributed by atoms with van der Waals surface area (Å²) in [6, 6.07) is 8.87. The fourth-order valence-electron chi connectivity index (χ4n) is 3.43. The van der Waals surface area contributed by atoms with E-state index in [1.807, 2.05) is 6.92 Å². The average molecular weight is 429 g/mol. The van der Waals surface area contributed by atoms with Gasteiger partial charge in [0.05, 0.1) is 5.56 Å². The minimum atomic E-state index is -4.50. The van der Waals surface area contributed by atoms with Crippen LogP contribution >= 0.6 is 0 Å². The van der Waals surface area contributed by atoms with E-state index in [1.165, 1.54) is 12.1 Å². The first-order chi connectivity index (χ1) is 14.8. The Balaban J connectivity index is 1.64. The van der Waals surface area contributed by atoms with E-state index in [0.29, 0.717) is 29.7 Å². The molecule has 2 aromatic carbocycles. The van der Waals surface area contributed by atoms with Crippen LogP contribution < -0.4 is 5.32 Å². The Hall–Kier alpha value is -3.69. The molecular formula is C21H18F3N5O2. The molecule has 0 unspecified atom stereocenters. The highest BCUT2D eigenvalue weighted by atomic mass is 19.4. The molecule has 0 radical (unpaired) electrons. The molecule has 4 rings (SSSR count). The van der Waals surface area contributed by atoms with Crippen molar-refractivity contribution in [2.45, 2.75) is 32.9 Å². The molecule has 7 nitrogen and oxygen atoms in total. The molecule has 0 saturated carbocycles. The predicted octanol–water partition coefficient (Wildman–Crippen LogP) is 5.14. The Kier molecular flexibility index (Phi) is 5.22. The maximum Gasteiger partial charge on any atom is 0.416 e. The molecule has 4 aromatic rings. The minimum absolute atomic E-state index is 0.0728. The largest absolute Gasteiger partial charge is 0.453 e. The standard InChI is InChI=1S/C21H18F3N5O2/c1-3-4-12-5-6-14(9-16(12)21(22,23)24)25-20(30)15-10-17-13(7-11(15)2)8-18(31-17)19-26-28-29-27-19/h5-10H,3-4H2,1-2H3,(H,25,30)(H,26,27,28,29). The van der Waals surface area contributed by atoms with Crippen LogP contribution in [0.1, 0.15) is 40.4 Å². The highest BCUT2D eigenvalue weighted by Crippen LogP contribution is 2.35. The third-order valence-electron chi connectivity index (χ3n) is 4.87. The zero-order valence-electron chi connectivity index (χ0n) is 16.7. The van der Waals surface area contributed by atoms with E-state index in [1.54, 1.807) is 25.1 Å². The van der Waals surface area contributed by atoms with Gasteiger partial charge in [0.1, 0.15) is 5.58 Å². The molecule has 0 saturated heterocycles. The number of furan rings is 1. The molecule has 2 aromatic heterocycles. The number of nitrogens with zero attached hydrogens (tertiary/aromatic N) is 3. The molecule has 2 N–H and O–H groups in total. The number of carbonyl (C=O) groups is 1. The molecule has 10 heteroatoms. The molecule has 0 spiro atoms. The lowest BCUT2D eigenvalue weighted by atomic mass is 10.0. The van der Waals surface area contributed by atoms with Crippen molar-refractivity contribution in [3.05, 3.63) is 58.7 Å². The monoisotopic (exact) mass is 429 g/mol. The quantitative estimate of drug-likeness (QED) is 0.458. The van der Waals surface area contributed by atoms with E-state index in [2.05, 4.69) is 25.9 Å². The fraction of sp³-hybridized carbons (Fsp3) is 0.238. The van der Waals surface area contributed by atoms with Crippen LogP contribution in [0, 0.1) is 6.92 Å². The Bertz CT molecular complexity index is 1250. The molecule has 0 aliphatic carbocycles. The number of rotatable bonds is 5. The van der Waals surface area contributed by atoms with Gasteiger partial charge >= 0.3 is 6.18 Å². The number of H-pyrrole nitrogens is 1. The van der Waals surface area contributed by atoms with E-state index < -0.39 is 17.6 Å². The number of hydrogen-bond acceptors (Lipinski definition) is 5. The predicted molar refractivity (Wildman–Crippen MR) is 108 cm³/mol. The van der Waals surface area contributed by atoms with Crippen LogP contribution in [0.3, 0.4) is 0 Å². The lowest BCUT2D eigenvalue weighted by molar-refractivity contribution is -0.138. The molecule has 0 aliphatic heterocycles. The van der Waals surface area contributed by atoms with Gasteiger partial charge in [-0.05, 0) is 60.0 Å². The SMILES string of the molecule is CCCc1ccc(NC(=O)c2cc3oc(-c4nn[nH]n4)cc3cc2C)cc1C(F)(F)F. The van der Waals surface area contributed by atoms with Gasteiger partial charge in [-0.25, -0.2) is 0 Å². The van der Waals surface area contributed by atoms with Crippen molar-refractivity contribution in [1.29, 1.82) is 0 Å². The van der Waals surface area contributed by atoms with Crippen LogP contribution in [0.2, 0.25) is 0 Å². The highest BCUT2D eigenvalue weighted by molar-refractivity contribution is 6.07. The van der Waals surface area contributed by atoms with Gasteiger partial charge < -0.3 is 9.73 Å². The van der Waals surface area contributed by atoms with Gasteiger partial charge in [-0.1, -0.05) is 19.4 Å². The van der Waals surface area contributed by atoms with Gasteiger partial charge in [-0.2, -0.15) is 18.4 Å². The first-order valence-corrected chi connectivity index (χ1v) is 9.55. The smallest absolute Gasteiger partial charge is 0.416 e. The van der Waals surface area contributed by atoms with Crippen molar-refractivity contribution in [2.24, 2.45) is 0 Å². The summed E-state index contributed by atoms with van der Waals surface area (Å²) in [4.78, 5) is 12.8. The number of halogens is 3. The third kappa shape index (κ3) is 4.14. The first kappa shape index (κ1) is 20.6. The summed E-state index contributed by atoms with van der Waals surface area (Å²) in [5.74, 6) is 0.113. The third-order valence-corrected chi connectivity index (χ3v) is 4.87. The lowest BCUT2D eigenvalue weighted by Crippen LogP contribution is -2.15. The summed E-state index contributed by atoms with van der Waals surface area (Å²) < 4.78 is 46.0. The molecule has 0 atom stereocenters. The topological polar surface area (TPSA) is 96.7 Å². The van der Waals surface area contributed by atoms with E-state index >= 15 is 0 Å². The molecule has 0 aliphatic rings. The van der Waals surface area contributed by atoms with Gasteiger partial charge in [0, 0.05) is 16.6 Å². The highest BCUT2D eigenvalue weighted by Gasteiger charge is 2.33. The summed E-state index contributed by atoms with van der Waals surface area (Å²) in [6.45, 7) is 3.55. The number of anilines is 1. The van der Waals surface area contributed by atoms with Crippen LogP contribution in [0.15, 0.2) is 40.8 Å². The number of aromatic amines is 1. The van der Waals surface area contributed by atoms with E-state index in [4.69, 9.17) is 4.42 Å². The van der Waals surface area contributed by atoms with Crippen LogP contribution in [0.4, 0.5) is 18.9 Å². The molecule has 1 amide bonds. The van der Waals surface area contributed by atoms with Crippen molar-refractivity contribution in [1.82, 2.24) is 20.6 Å². The van der Waals surface area contributed by atoms with Crippen molar-refractivity contribution < 1.29 is 22.4 Å². The Morgan fingerprint density at radius 2 is 2.00 bits per heavy atom. The number of aryl methyl sites for hydroxylation is 2. The van der Waals surface area contributed by atoms with Crippen molar-refractivity contribution in [3.8, 4) is 11.6 Å². The zero-order chi connectivity index (χ0) is 22.2. The average Bonchev–Trinajstić information content (AvgIpc) is 3.37. The van der Waals surface area contributed by atoms with Crippen LogP contribution in [0.25, 0.3) is 22.6 Å². The second-order valence-corrected chi connectivity index (χ2v) is 7.12. The van der Waals surface area contributed by atoms with Gasteiger partial charge in [0.25, 0.3) is 5.91 Å². The Morgan fingerprint density at radius 1 is 1.19 bits per heavy atom. The minimum Gasteiger partial charge on any atom is -0.453 e. The Morgan fingerprint density at radius 3 is 2.68 bits per heavy atom. The summed E-state index contributed by atoms with van der Waals surface area (Å²) >= 11 is 0. The van der Waals surface area contributed by atoms with Crippen LogP contribution in [-0.4, -0.2) is 26.5 Å². The number of tetrazole rings is 1. The molecule has 2 heterocycles. The van der Waals surface area contributed by atoms with Crippen LogP contribution in [0.5, 0.6) is 0 Å². The number of hydrogen-bond donors (Lipinski definition) is 2. The van der Waals surface area contributed by atoms with Crippen molar-refractivity contribution in [3.63, 3.8) is 0 Å². The summed E-state index contributed by atoms with van der Waals surface area (Å²) in [5.41, 5.74) is 0.885. The number of nitrogens with one attached hydrogen (secondary N) is 2. The van der Waals surface area contributed by atoms with Gasteiger partial charge in [0.15, 0.2) is 5.76 Å². The molecule has 160 valence electrons. The maximum atomic E-state index is 13.4.